The van der Waals surface area contributed by atoms with Crippen molar-refractivity contribution in [3.8, 4) is 0 Å². The highest BCUT2D eigenvalue weighted by molar-refractivity contribution is 5.70. The van der Waals surface area contributed by atoms with Gasteiger partial charge in [-0.05, 0) is 38.5 Å². The monoisotopic (exact) mass is 810 g/mol. The molecule has 0 aromatic heterocycles. The van der Waals surface area contributed by atoms with Crippen molar-refractivity contribution in [1.29, 1.82) is 0 Å². The highest BCUT2D eigenvalue weighted by Crippen LogP contribution is 2.16. The number of esters is 2. The van der Waals surface area contributed by atoms with Crippen LogP contribution in [0.25, 0.3) is 0 Å². The number of carbonyl (C=O) groups excluding carboxylic acids is 3. The predicted molar refractivity (Wildman–Crippen MR) is 233 cm³/mol. The van der Waals surface area contributed by atoms with Gasteiger partial charge in [0.2, 0.25) is 0 Å². The summed E-state index contributed by atoms with van der Waals surface area (Å²) < 4.78 is 22.6. The second kappa shape index (κ2) is 40.8. The van der Waals surface area contributed by atoms with Gasteiger partial charge in [0.05, 0.1) is 40.3 Å². The van der Waals surface area contributed by atoms with E-state index in [1.54, 1.807) is 0 Å². The first-order chi connectivity index (χ1) is 27.6. The number of hydrogen-bond donors (Lipinski definition) is 0. The van der Waals surface area contributed by atoms with Crippen molar-refractivity contribution in [2.24, 2.45) is 0 Å². The molecular formula is C48H91NO8. The van der Waals surface area contributed by atoms with Crippen LogP contribution in [0.1, 0.15) is 219 Å². The van der Waals surface area contributed by atoms with Crippen LogP contribution in [-0.2, 0) is 33.3 Å². The Morgan fingerprint density at radius 3 is 1.32 bits per heavy atom. The summed E-state index contributed by atoms with van der Waals surface area (Å²) in [5, 5.41) is 11.7. The number of rotatable bonds is 44. The Morgan fingerprint density at radius 2 is 0.895 bits per heavy atom. The van der Waals surface area contributed by atoms with E-state index in [1.807, 2.05) is 21.1 Å². The fourth-order valence-electron chi connectivity index (χ4n) is 6.77. The van der Waals surface area contributed by atoms with E-state index in [4.69, 9.17) is 18.9 Å². The topological polar surface area (TPSA) is 111 Å². The Morgan fingerprint density at radius 1 is 0.509 bits per heavy atom. The normalized spacial score (nSPS) is 12.9. The SMILES string of the molecule is CCCCCC/C=C\CCCCCCCC(=O)OC(COC(=O)CCCCCCCCCCCCCCCCCCCCC)COC(OCC[N+](C)(C)C)C(=O)[O-]. The Bertz CT molecular complexity index is 949. The molecule has 336 valence electrons. The lowest BCUT2D eigenvalue weighted by atomic mass is 10.0. The maximum atomic E-state index is 12.7. The van der Waals surface area contributed by atoms with Crippen molar-refractivity contribution in [2.75, 3.05) is 47.5 Å². The van der Waals surface area contributed by atoms with Gasteiger partial charge in [-0.25, -0.2) is 0 Å². The average molecular weight is 810 g/mol. The third kappa shape index (κ3) is 42.0. The summed E-state index contributed by atoms with van der Waals surface area (Å²) >= 11 is 0. The molecule has 0 N–H and O–H groups in total. The van der Waals surface area contributed by atoms with Gasteiger partial charge in [0.25, 0.3) is 0 Å². The third-order valence-electron chi connectivity index (χ3n) is 10.5. The number of likely N-dealkylation sites (N-methyl/N-ethyl adjacent to an activating group) is 1. The van der Waals surface area contributed by atoms with E-state index in [2.05, 4.69) is 26.0 Å². The molecule has 0 spiro atoms. The number of ether oxygens (including phenoxy) is 4. The molecule has 0 bridgehead atoms. The number of carboxylic acid groups (broad SMARTS) is 1. The first kappa shape index (κ1) is 55.0. The van der Waals surface area contributed by atoms with Gasteiger partial charge in [-0.3, -0.25) is 9.59 Å². The lowest BCUT2D eigenvalue weighted by Crippen LogP contribution is -2.44. The molecule has 0 fully saturated rings. The predicted octanol–water partition coefficient (Wildman–Crippen LogP) is 11.3. The van der Waals surface area contributed by atoms with Gasteiger partial charge in [-0.15, -0.1) is 0 Å². The van der Waals surface area contributed by atoms with Gasteiger partial charge < -0.3 is 33.3 Å². The molecule has 0 aliphatic rings. The van der Waals surface area contributed by atoms with E-state index in [9.17, 15) is 19.5 Å². The highest BCUT2D eigenvalue weighted by Gasteiger charge is 2.21. The third-order valence-corrected chi connectivity index (χ3v) is 10.5. The fourth-order valence-corrected chi connectivity index (χ4v) is 6.77. The molecule has 57 heavy (non-hydrogen) atoms. The van der Waals surface area contributed by atoms with E-state index in [0.29, 0.717) is 23.9 Å². The van der Waals surface area contributed by atoms with Crippen LogP contribution < -0.4 is 5.11 Å². The molecule has 0 saturated carbocycles. The number of carbonyl (C=O) groups is 3. The quantitative estimate of drug-likeness (QED) is 0.0197. The molecule has 0 amide bonds. The van der Waals surface area contributed by atoms with Crippen molar-refractivity contribution >= 4 is 17.9 Å². The van der Waals surface area contributed by atoms with Crippen molar-refractivity contribution in [2.45, 2.75) is 232 Å². The number of unbranched alkanes of at least 4 members (excludes halogenated alkanes) is 27. The molecule has 0 aliphatic carbocycles. The van der Waals surface area contributed by atoms with E-state index in [1.165, 1.54) is 135 Å². The highest BCUT2D eigenvalue weighted by atomic mass is 16.7. The Kier molecular flexibility index (Phi) is 39.4. The first-order valence-corrected chi connectivity index (χ1v) is 23.8. The molecule has 9 heteroatoms. The largest absolute Gasteiger partial charge is 0.545 e. The van der Waals surface area contributed by atoms with Crippen LogP contribution >= 0.6 is 0 Å². The van der Waals surface area contributed by atoms with Crippen molar-refractivity contribution < 1.29 is 42.9 Å². The number of aliphatic carboxylic acids is 1. The average Bonchev–Trinajstić information content (AvgIpc) is 3.17. The summed E-state index contributed by atoms with van der Waals surface area (Å²) in [4.78, 5) is 37.0. The summed E-state index contributed by atoms with van der Waals surface area (Å²) in [6, 6.07) is 0. The summed E-state index contributed by atoms with van der Waals surface area (Å²) in [5.41, 5.74) is 0. The first-order valence-electron chi connectivity index (χ1n) is 23.8. The molecule has 2 unspecified atom stereocenters. The maximum absolute atomic E-state index is 12.7. The van der Waals surface area contributed by atoms with Gasteiger partial charge in [-0.1, -0.05) is 180 Å². The molecule has 0 aromatic rings. The van der Waals surface area contributed by atoms with E-state index < -0.39 is 24.3 Å². The number of nitrogens with zero attached hydrogens (tertiary/aromatic N) is 1. The molecule has 0 aromatic carbocycles. The van der Waals surface area contributed by atoms with Gasteiger partial charge in [0, 0.05) is 12.8 Å². The molecule has 0 saturated heterocycles. The van der Waals surface area contributed by atoms with Crippen molar-refractivity contribution in [3.63, 3.8) is 0 Å². The molecular weight excluding hydrogens is 719 g/mol. The van der Waals surface area contributed by atoms with Gasteiger partial charge >= 0.3 is 11.9 Å². The smallest absolute Gasteiger partial charge is 0.306 e. The zero-order valence-electron chi connectivity index (χ0n) is 38.0. The van der Waals surface area contributed by atoms with Gasteiger partial charge in [0.1, 0.15) is 13.2 Å². The van der Waals surface area contributed by atoms with Crippen LogP contribution in [0.3, 0.4) is 0 Å². The van der Waals surface area contributed by atoms with Gasteiger partial charge in [0.15, 0.2) is 12.4 Å². The van der Waals surface area contributed by atoms with E-state index in [0.717, 1.165) is 51.4 Å². The number of allylic oxidation sites excluding steroid dienone is 2. The lowest BCUT2D eigenvalue weighted by molar-refractivity contribution is -0.870. The second-order valence-corrected chi connectivity index (χ2v) is 17.4. The van der Waals surface area contributed by atoms with Crippen molar-refractivity contribution in [3.05, 3.63) is 12.2 Å². The standard InChI is InChI=1S/C48H91NO8/c1-6-8-10-12-14-16-18-20-21-22-23-24-25-27-28-30-32-34-36-38-45(50)55-42-44(43-56-48(47(52)53)54-41-40-49(3,4)5)57-46(51)39-37-35-33-31-29-26-19-17-15-13-11-9-7-2/h17,19,44,48H,6-16,18,20-43H2,1-5H3/b19-17-. The molecule has 0 heterocycles. The van der Waals surface area contributed by atoms with E-state index >= 15 is 0 Å². The van der Waals surface area contributed by atoms with Crippen molar-refractivity contribution in [1.82, 2.24) is 0 Å². The van der Waals surface area contributed by atoms with Gasteiger partial charge in [-0.2, -0.15) is 0 Å². The van der Waals surface area contributed by atoms with Crippen LogP contribution in [0.4, 0.5) is 0 Å². The summed E-state index contributed by atoms with van der Waals surface area (Å²) in [6.07, 6.45) is 39.6. The molecule has 2 atom stereocenters. The Hall–Kier alpha value is -1.97. The van der Waals surface area contributed by atoms with Crippen LogP contribution in [0.15, 0.2) is 12.2 Å². The molecule has 0 radical (unpaired) electrons. The minimum Gasteiger partial charge on any atom is -0.545 e. The number of quaternary nitrogens is 1. The minimum absolute atomic E-state index is 0.149. The summed E-state index contributed by atoms with van der Waals surface area (Å²) in [5.74, 6) is -2.28. The second-order valence-electron chi connectivity index (χ2n) is 17.4. The maximum Gasteiger partial charge on any atom is 0.306 e. The van der Waals surface area contributed by atoms with Crippen LogP contribution in [0.2, 0.25) is 0 Å². The number of hydrogen-bond acceptors (Lipinski definition) is 8. The lowest BCUT2D eigenvalue weighted by Gasteiger charge is -2.26. The fraction of sp³-hybridized carbons (Fsp3) is 0.896. The van der Waals surface area contributed by atoms with Crippen LogP contribution in [-0.4, -0.2) is 82.3 Å². The minimum atomic E-state index is -1.62. The number of carboxylic acids is 1. The summed E-state index contributed by atoms with van der Waals surface area (Å²) in [6.45, 7) is 4.74. The van der Waals surface area contributed by atoms with E-state index in [-0.39, 0.29) is 32.2 Å². The van der Waals surface area contributed by atoms with Crippen LogP contribution in [0, 0.1) is 0 Å². The Labute approximate surface area is 351 Å². The van der Waals surface area contributed by atoms with Crippen LogP contribution in [0.5, 0.6) is 0 Å². The molecule has 0 rings (SSSR count). The zero-order valence-corrected chi connectivity index (χ0v) is 38.0. The zero-order chi connectivity index (χ0) is 42.1. The Balaban J connectivity index is 4.33. The molecule has 9 nitrogen and oxygen atoms in total. The summed E-state index contributed by atoms with van der Waals surface area (Å²) in [7, 11) is 5.91. The molecule has 0 aliphatic heterocycles.